The van der Waals surface area contributed by atoms with Crippen molar-refractivity contribution in [2.45, 2.75) is 45.6 Å². The number of aryl methyl sites for hydroxylation is 1. The molecule has 30 heavy (non-hydrogen) atoms. The van der Waals surface area contributed by atoms with Crippen LogP contribution in [0.15, 0.2) is 43.1 Å². The first kappa shape index (κ1) is 19.9. The molecule has 0 saturated carbocycles. The molecular weight excluding hydrogens is 378 g/mol. The minimum absolute atomic E-state index is 0.0675. The van der Waals surface area contributed by atoms with Crippen LogP contribution in [0.4, 0.5) is 11.5 Å². The number of piperidine rings is 1. The minimum atomic E-state index is 0.0675. The third-order valence-electron chi connectivity index (χ3n) is 5.37. The number of hydrogen-bond donors (Lipinski definition) is 1. The number of aromatic nitrogens is 5. The fourth-order valence-corrected chi connectivity index (χ4v) is 3.80. The second-order valence-electron chi connectivity index (χ2n) is 7.76. The van der Waals surface area contributed by atoms with Crippen molar-refractivity contribution >= 4 is 17.4 Å². The van der Waals surface area contributed by atoms with E-state index in [0.717, 1.165) is 24.1 Å². The molecule has 1 aliphatic rings. The topological polar surface area (TPSA) is 96.8 Å². The van der Waals surface area contributed by atoms with E-state index in [2.05, 4.69) is 27.2 Å². The van der Waals surface area contributed by atoms with Gasteiger partial charge in [0.05, 0.1) is 23.8 Å². The Morgan fingerprint density at radius 3 is 2.67 bits per heavy atom. The minimum Gasteiger partial charge on any atom is -0.340 e. The third-order valence-corrected chi connectivity index (χ3v) is 5.37. The molecule has 2 unspecified atom stereocenters. The molecule has 3 aromatic rings. The molecule has 8 nitrogen and oxygen atoms in total. The fourth-order valence-electron chi connectivity index (χ4n) is 3.80. The van der Waals surface area contributed by atoms with Crippen molar-refractivity contribution < 1.29 is 4.79 Å². The molecule has 0 aliphatic carbocycles. The predicted molar refractivity (Wildman–Crippen MR) is 114 cm³/mol. The predicted octanol–water partition coefficient (Wildman–Crippen LogP) is 3.50. The Kier molecular flexibility index (Phi) is 5.65. The van der Waals surface area contributed by atoms with Crippen LogP contribution in [0.25, 0.3) is 11.4 Å². The zero-order valence-corrected chi connectivity index (χ0v) is 17.4. The molecular formula is C22H25N7O. The summed E-state index contributed by atoms with van der Waals surface area (Å²) in [5.41, 5.74) is 3.29. The molecule has 8 heteroatoms. The van der Waals surface area contributed by atoms with Gasteiger partial charge in [-0.3, -0.25) is 19.7 Å². The summed E-state index contributed by atoms with van der Waals surface area (Å²) in [6, 6.07) is 4.11. The van der Waals surface area contributed by atoms with Gasteiger partial charge in [0.1, 0.15) is 17.3 Å². The number of pyridine rings is 1. The number of anilines is 2. The number of carbonyl (C=O) groups excluding carboxylic acids is 1. The Balaban J connectivity index is 1.71. The SMILES string of the molecule is CC(=O)N1CC(c2nc(Nc3cncc(C)c3)cc(-c3cnccn3)n2)CCC1C. The summed E-state index contributed by atoms with van der Waals surface area (Å²) in [6.07, 6.45) is 10.4. The van der Waals surface area contributed by atoms with E-state index in [9.17, 15) is 4.79 Å². The van der Waals surface area contributed by atoms with Gasteiger partial charge in [-0.15, -0.1) is 0 Å². The molecule has 154 valence electrons. The molecule has 1 amide bonds. The van der Waals surface area contributed by atoms with Crippen LogP contribution in [0.3, 0.4) is 0 Å². The van der Waals surface area contributed by atoms with E-state index < -0.39 is 0 Å². The summed E-state index contributed by atoms with van der Waals surface area (Å²) >= 11 is 0. The molecule has 0 spiro atoms. The lowest BCUT2D eigenvalue weighted by Gasteiger charge is -2.37. The molecule has 4 rings (SSSR count). The Hall–Kier alpha value is -3.42. The van der Waals surface area contributed by atoms with Gasteiger partial charge in [-0.1, -0.05) is 0 Å². The van der Waals surface area contributed by atoms with Crippen molar-refractivity contribution in [3.8, 4) is 11.4 Å². The lowest BCUT2D eigenvalue weighted by atomic mass is 9.92. The summed E-state index contributed by atoms with van der Waals surface area (Å²) in [5.74, 6) is 1.53. The van der Waals surface area contributed by atoms with E-state index in [4.69, 9.17) is 9.97 Å². The van der Waals surface area contributed by atoms with E-state index >= 15 is 0 Å². The largest absolute Gasteiger partial charge is 0.340 e. The van der Waals surface area contributed by atoms with Crippen LogP contribution in [0, 0.1) is 6.92 Å². The smallest absolute Gasteiger partial charge is 0.219 e. The van der Waals surface area contributed by atoms with Gasteiger partial charge in [0, 0.05) is 50.1 Å². The van der Waals surface area contributed by atoms with Crippen LogP contribution in [0.2, 0.25) is 0 Å². The van der Waals surface area contributed by atoms with Gasteiger partial charge < -0.3 is 10.2 Å². The molecule has 3 aromatic heterocycles. The van der Waals surface area contributed by atoms with Gasteiger partial charge in [-0.25, -0.2) is 9.97 Å². The lowest BCUT2D eigenvalue weighted by Crippen LogP contribution is -2.44. The first-order valence-corrected chi connectivity index (χ1v) is 10.1. The van der Waals surface area contributed by atoms with Crippen LogP contribution in [0.5, 0.6) is 0 Å². The van der Waals surface area contributed by atoms with E-state index in [1.54, 1.807) is 37.9 Å². The molecule has 0 radical (unpaired) electrons. The number of amides is 1. The number of nitrogens with one attached hydrogen (secondary N) is 1. The highest BCUT2D eigenvalue weighted by atomic mass is 16.2. The van der Waals surface area contributed by atoms with Gasteiger partial charge in [-0.05, 0) is 38.3 Å². The molecule has 1 aliphatic heterocycles. The average molecular weight is 403 g/mol. The zero-order valence-electron chi connectivity index (χ0n) is 17.4. The number of hydrogen-bond acceptors (Lipinski definition) is 7. The third kappa shape index (κ3) is 4.42. The maximum Gasteiger partial charge on any atom is 0.219 e. The van der Waals surface area contributed by atoms with E-state index in [0.29, 0.717) is 29.6 Å². The maximum absolute atomic E-state index is 12.1. The van der Waals surface area contributed by atoms with Gasteiger partial charge in [0.25, 0.3) is 0 Å². The standard InChI is InChI=1S/C22H25N7O/c1-14-8-18(11-24-10-14)26-21-9-19(20-12-23-6-7-25-20)27-22(28-21)17-5-4-15(2)29(13-17)16(3)30/h6-12,15,17H,4-5,13H2,1-3H3,(H,26,27,28). The summed E-state index contributed by atoms with van der Waals surface area (Å²) in [4.78, 5) is 36.4. The highest BCUT2D eigenvalue weighted by Crippen LogP contribution is 2.31. The number of rotatable bonds is 4. The van der Waals surface area contributed by atoms with Crippen molar-refractivity contribution in [2.24, 2.45) is 0 Å². The summed E-state index contributed by atoms with van der Waals surface area (Å²) in [7, 11) is 0. The number of nitrogens with zero attached hydrogens (tertiary/aromatic N) is 6. The lowest BCUT2D eigenvalue weighted by molar-refractivity contribution is -0.132. The van der Waals surface area contributed by atoms with E-state index in [1.807, 2.05) is 24.0 Å². The highest BCUT2D eigenvalue weighted by molar-refractivity contribution is 5.73. The molecule has 1 fully saturated rings. The molecule has 0 bridgehead atoms. The van der Waals surface area contributed by atoms with Crippen LogP contribution in [-0.4, -0.2) is 48.3 Å². The van der Waals surface area contributed by atoms with Crippen molar-refractivity contribution in [1.82, 2.24) is 29.8 Å². The first-order chi connectivity index (χ1) is 14.5. The van der Waals surface area contributed by atoms with Gasteiger partial charge >= 0.3 is 0 Å². The normalized spacial score (nSPS) is 18.8. The fraction of sp³-hybridized carbons (Fsp3) is 0.364. The van der Waals surface area contributed by atoms with Crippen molar-refractivity contribution in [3.05, 3.63) is 54.5 Å². The molecule has 4 heterocycles. The maximum atomic E-state index is 12.1. The van der Waals surface area contributed by atoms with E-state index in [1.165, 1.54) is 0 Å². The molecule has 1 N–H and O–H groups in total. The molecule has 2 atom stereocenters. The molecule has 1 saturated heterocycles. The number of likely N-dealkylation sites (tertiary alicyclic amines) is 1. The quantitative estimate of drug-likeness (QED) is 0.712. The van der Waals surface area contributed by atoms with E-state index in [-0.39, 0.29) is 17.9 Å². The van der Waals surface area contributed by atoms with Crippen LogP contribution in [-0.2, 0) is 4.79 Å². The summed E-state index contributed by atoms with van der Waals surface area (Å²) in [6.45, 7) is 6.32. The van der Waals surface area contributed by atoms with Gasteiger partial charge in [0.15, 0.2) is 0 Å². The number of carbonyl (C=O) groups is 1. The summed E-state index contributed by atoms with van der Waals surface area (Å²) in [5, 5.41) is 3.33. The summed E-state index contributed by atoms with van der Waals surface area (Å²) < 4.78 is 0. The Labute approximate surface area is 175 Å². The zero-order chi connectivity index (χ0) is 21.1. The average Bonchev–Trinajstić information content (AvgIpc) is 2.74. The second-order valence-corrected chi connectivity index (χ2v) is 7.76. The molecule has 0 aromatic carbocycles. The Morgan fingerprint density at radius 1 is 1.07 bits per heavy atom. The van der Waals surface area contributed by atoms with Crippen LogP contribution < -0.4 is 5.32 Å². The first-order valence-electron chi connectivity index (χ1n) is 10.1. The van der Waals surface area contributed by atoms with Crippen molar-refractivity contribution in [1.29, 1.82) is 0 Å². The Bertz CT molecular complexity index is 1040. The van der Waals surface area contributed by atoms with Crippen LogP contribution in [0.1, 0.15) is 44.0 Å². The second kappa shape index (κ2) is 8.52. The highest BCUT2D eigenvalue weighted by Gasteiger charge is 2.30. The monoisotopic (exact) mass is 403 g/mol. The Morgan fingerprint density at radius 2 is 1.93 bits per heavy atom. The van der Waals surface area contributed by atoms with Gasteiger partial charge in [0.2, 0.25) is 5.91 Å². The van der Waals surface area contributed by atoms with Crippen molar-refractivity contribution in [2.75, 3.05) is 11.9 Å². The van der Waals surface area contributed by atoms with Crippen LogP contribution >= 0.6 is 0 Å². The van der Waals surface area contributed by atoms with Gasteiger partial charge in [-0.2, -0.15) is 0 Å². The van der Waals surface area contributed by atoms with Crippen molar-refractivity contribution in [3.63, 3.8) is 0 Å².